The molecule has 0 aliphatic carbocycles. The van der Waals surface area contributed by atoms with Gasteiger partial charge in [-0.1, -0.05) is 24.7 Å². The first-order valence-corrected chi connectivity index (χ1v) is 4.79. The summed E-state index contributed by atoms with van der Waals surface area (Å²) in [6.45, 7) is 3.95. The van der Waals surface area contributed by atoms with Crippen LogP contribution in [0.1, 0.15) is 37.7 Å². The molecule has 13 heavy (non-hydrogen) atoms. The Kier molecular flexibility index (Phi) is 3.68. The molecule has 1 heterocycles. The minimum absolute atomic E-state index is 0.647. The van der Waals surface area contributed by atoms with E-state index in [2.05, 4.69) is 11.9 Å². The van der Waals surface area contributed by atoms with Gasteiger partial charge in [0, 0.05) is 6.07 Å². The Balaban J connectivity index is 2.61. The fourth-order valence-corrected chi connectivity index (χ4v) is 1.25. The van der Waals surface area contributed by atoms with E-state index in [1.807, 2.05) is 0 Å². The van der Waals surface area contributed by atoms with Gasteiger partial charge in [-0.3, -0.25) is 0 Å². The minimum atomic E-state index is 0.647. The second-order valence-corrected chi connectivity index (χ2v) is 3.25. The van der Waals surface area contributed by atoms with E-state index in [-0.39, 0.29) is 0 Å². The summed E-state index contributed by atoms with van der Waals surface area (Å²) in [6, 6.07) is 1.73. The number of aromatic nitrogens is 2. The summed E-state index contributed by atoms with van der Waals surface area (Å²) in [7, 11) is 0. The van der Waals surface area contributed by atoms with Gasteiger partial charge < -0.3 is 5.21 Å². The molecule has 0 aromatic carbocycles. The molecule has 1 rings (SSSR count). The zero-order chi connectivity index (χ0) is 9.68. The summed E-state index contributed by atoms with van der Waals surface area (Å²) in [5.74, 6) is 0.647. The number of unbranched alkanes of at least 4 members (excludes halogenated alkanes) is 2. The van der Waals surface area contributed by atoms with Crippen molar-refractivity contribution in [2.24, 2.45) is 0 Å². The Labute approximate surface area is 79.0 Å². The fraction of sp³-hybridized carbons (Fsp3) is 0.600. The van der Waals surface area contributed by atoms with Crippen molar-refractivity contribution in [3.05, 3.63) is 29.0 Å². The highest BCUT2D eigenvalue weighted by molar-refractivity contribution is 4.91. The van der Waals surface area contributed by atoms with Gasteiger partial charge in [0.25, 0.3) is 0 Å². The number of hydrogen-bond donors (Lipinski definition) is 0. The quantitative estimate of drug-likeness (QED) is 0.402. The van der Waals surface area contributed by atoms with Gasteiger partial charge in [0.15, 0.2) is 0 Å². The van der Waals surface area contributed by atoms with E-state index in [0.717, 1.165) is 29.7 Å². The van der Waals surface area contributed by atoms with Crippen LogP contribution in [0.15, 0.2) is 12.3 Å². The van der Waals surface area contributed by atoms with E-state index >= 15 is 0 Å². The molecule has 0 aliphatic rings. The summed E-state index contributed by atoms with van der Waals surface area (Å²) in [5, 5.41) is 11.4. The third-order valence-corrected chi connectivity index (χ3v) is 2.10. The van der Waals surface area contributed by atoms with Crippen LogP contribution < -0.4 is 4.73 Å². The standard InChI is InChI=1S/C10H16N2O/c1-3-4-5-6-10-11-8-7-9(2)12(10)13/h7-8H,3-6H2,1-2H3. The van der Waals surface area contributed by atoms with Crippen LogP contribution in [-0.2, 0) is 6.42 Å². The lowest BCUT2D eigenvalue weighted by Crippen LogP contribution is -2.36. The van der Waals surface area contributed by atoms with E-state index in [1.165, 1.54) is 6.42 Å². The molecule has 3 heteroatoms. The largest absolute Gasteiger partial charge is 0.711 e. The predicted octanol–water partition coefficient (Wildman–Crippen LogP) is 1.76. The molecule has 0 aliphatic heterocycles. The Morgan fingerprint density at radius 3 is 2.92 bits per heavy atom. The Hall–Kier alpha value is -1.12. The highest BCUT2D eigenvalue weighted by atomic mass is 16.5. The van der Waals surface area contributed by atoms with Crippen LogP contribution in [0.2, 0.25) is 0 Å². The van der Waals surface area contributed by atoms with E-state index in [1.54, 1.807) is 19.2 Å². The van der Waals surface area contributed by atoms with Crippen molar-refractivity contribution in [2.75, 3.05) is 0 Å². The van der Waals surface area contributed by atoms with Crippen LogP contribution in [0.4, 0.5) is 0 Å². The fourth-order valence-electron chi connectivity index (χ4n) is 1.25. The van der Waals surface area contributed by atoms with Crippen molar-refractivity contribution in [1.29, 1.82) is 0 Å². The Morgan fingerprint density at radius 2 is 2.23 bits per heavy atom. The van der Waals surface area contributed by atoms with Gasteiger partial charge >= 0.3 is 5.82 Å². The SMILES string of the molecule is CCCCCc1nccc(C)[n+]1[O-]. The van der Waals surface area contributed by atoms with Gasteiger partial charge in [-0.25, -0.2) is 4.73 Å². The molecule has 0 fully saturated rings. The maximum atomic E-state index is 11.4. The first-order valence-electron chi connectivity index (χ1n) is 4.79. The molecule has 1 aromatic rings. The van der Waals surface area contributed by atoms with E-state index < -0.39 is 0 Å². The maximum absolute atomic E-state index is 11.4. The highest BCUT2D eigenvalue weighted by Crippen LogP contribution is 2.00. The number of hydrogen-bond acceptors (Lipinski definition) is 2. The highest BCUT2D eigenvalue weighted by Gasteiger charge is 2.07. The molecule has 3 nitrogen and oxygen atoms in total. The molecule has 0 spiro atoms. The predicted molar refractivity (Wildman–Crippen MR) is 51.2 cm³/mol. The second-order valence-electron chi connectivity index (χ2n) is 3.25. The molecule has 0 bridgehead atoms. The molecule has 0 saturated heterocycles. The van der Waals surface area contributed by atoms with Crippen molar-refractivity contribution in [3.63, 3.8) is 0 Å². The topological polar surface area (TPSA) is 39.8 Å². The van der Waals surface area contributed by atoms with Gasteiger partial charge in [-0.15, -0.1) is 0 Å². The molecule has 72 valence electrons. The van der Waals surface area contributed by atoms with Crippen LogP contribution in [0.5, 0.6) is 0 Å². The lowest BCUT2D eigenvalue weighted by molar-refractivity contribution is -0.624. The molecule has 1 aromatic heterocycles. The number of aryl methyl sites for hydroxylation is 2. The van der Waals surface area contributed by atoms with E-state index in [0.29, 0.717) is 5.82 Å². The van der Waals surface area contributed by atoms with Gasteiger partial charge in [0.05, 0.1) is 6.42 Å². The van der Waals surface area contributed by atoms with Crippen LogP contribution in [0.25, 0.3) is 0 Å². The van der Waals surface area contributed by atoms with E-state index in [4.69, 9.17) is 0 Å². The lowest BCUT2D eigenvalue weighted by Gasteiger charge is -2.07. The van der Waals surface area contributed by atoms with Crippen molar-refractivity contribution in [1.82, 2.24) is 4.98 Å². The first kappa shape index (κ1) is 9.96. The lowest BCUT2D eigenvalue weighted by atomic mass is 10.2. The van der Waals surface area contributed by atoms with Gasteiger partial charge in [0.1, 0.15) is 11.9 Å². The summed E-state index contributed by atoms with van der Waals surface area (Å²) in [6.07, 6.45) is 5.87. The maximum Gasteiger partial charge on any atom is 0.301 e. The third kappa shape index (κ3) is 2.68. The normalized spacial score (nSPS) is 10.3. The molecule has 0 unspecified atom stereocenters. The summed E-state index contributed by atoms with van der Waals surface area (Å²) in [4.78, 5) is 4.06. The summed E-state index contributed by atoms with van der Waals surface area (Å²) in [5.41, 5.74) is 0.724. The molecule has 0 saturated carbocycles. The van der Waals surface area contributed by atoms with Crippen LogP contribution in [0.3, 0.4) is 0 Å². The Bertz CT molecular complexity index is 274. The molecular weight excluding hydrogens is 164 g/mol. The molecule has 0 atom stereocenters. The van der Waals surface area contributed by atoms with Crippen molar-refractivity contribution in [3.8, 4) is 0 Å². The molecular formula is C10H16N2O. The molecule has 0 N–H and O–H groups in total. The molecule has 0 amide bonds. The van der Waals surface area contributed by atoms with Crippen LogP contribution in [-0.4, -0.2) is 4.98 Å². The van der Waals surface area contributed by atoms with Crippen molar-refractivity contribution < 1.29 is 4.73 Å². The second kappa shape index (κ2) is 4.80. The van der Waals surface area contributed by atoms with Gasteiger partial charge in [0.2, 0.25) is 0 Å². The van der Waals surface area contributed by atoms with E-state index in [9.17, 15) is 5.21 Å². The Morgan fingerprint density at radius 1 is 1.46 bits per heavy atom. The monoisotopic (exact) mass is 180 g/mol. The molecule has 0 radical (unpaired) electrons. The van der Waals surface area contributed by atoms with Gasteiger partial charge in [-0.05, 0) is 13.3 Å². The van der Waals surface area contributed by atoms with Gasteiger partial charge in [-0.2, -0.15) is 0 Å². The smallest absolute Gasteiger partial charge is 0.301 e. The summed E-state index contributed by atoms with van der Waals surface area (Å²) < 4.78 is 0.926. The number of rotatable bonds is 4. The summed E-state index contributed by atoms with van der Waals surface area (Å²) >= 11 is 0. The third-order valence-electron chi connectivity index (χ3n) is 2.10. The average Bonchev–Trinajstić information content (AvgIpc) is 2.13. The van der Waals surface area contributed by atoms with Crippen LogP contribution in [0, 0.1) is 12.1 Å². The number of nitrogens with zero attached hydrogens (tertiary/aromatic N) is 2. The zero-order valence-electron chi connectivity index (χ0n) is 8.29. The van der Waals surface area contributed by atoms with Crippen molar-refractivity contribution in [2.45, 2.75) is 39.5 Å². The van der Waals surface area contributed by atoms with Crippen LogP contribution >= 0.6 is 0 Å². The van der Waals surface area contributed by atoms with Crippen molar-refractivity contribution >= 4 is 0 Å². The average molecular weight is 180 g/mol. The zero-order valence-corrected chi connectivity index (χ0v) is 8.29. The first-order chi connectivity index (χ1) is 6.25. The minimum Gasteiger partial charge on any atom is -0.711 e.